The van der Waals surface area contributed by atoms with Gasteiger partial charge in [-0.1, -0.05) is 75.6 Å². The number of nitrogens with one attached hydrogen (secondary N) is 1. The molecule has 2 aromatic rings. The molecule has 1 N–H and O–H groups in total. The van der Waals surface area contributed by atoms with Crippen LogP contribution in [0.4, 0.5) is 0 Å². The van der Waals surface area contributed by atoms with E-state index in [9.17, 15) is 4.79 Å². The largest absolute Gasteiger partial charge is 0.353 e. The predicted molar refractivity (Wildman–Crippen MR) is 142 cm³/mol. The minimum Gasteiger partial charge on any atom is -0.353 e. The summed E-state index contributed by atoms with van der Waals surface area (Å²) < 4.78 is 0. The number of carbonyl (C=O) groups is 1. The van der Waals surface area contributed by atoms with Crippen LogP contribution >= 0.6 is 0 Å². The normalized spacial score (nSPS) is 18.2. The van der Waals surface area contributed by atoms with Gasteiger partial charge in [-0.15, -0.1) is 0 Å². The molecule has 1 aliphatic carbocycles. The van der Waals surface area contributed by atoms with Crippen LogP contribution in [0.25, 0.3) is 11.1 Å². The van der Waals surface area contributed by atoms with Crippen LogP contribution in [0.3, 0.4) is 0 Å². The van der Waals surface area contributed by atoms with Gasteiger partial charge in [0.15, 0.2) is 0 Å². The van der Waals surface area contributed by atoms with Crippen molar-refractivity contribution in [3.8, 4) is 11.1 Å². The summed E-state index contributed by atoms with van der Waals surface area (Å²) in [6.45, 7) is 10.9. The van der Waals surface area contributed by atoms with Crippen LogP contribution in [-0.2, 0) is 11.2 Å². The van der Waals surface area contributed by atoms with Crippen LogP contribution in [-0.4, -0.2) is 12.5 Å². The smallest absolute Gasteiger partial charge is 0.243 e. The molecule has 1 aliphatic rings. The van der Waals surface area contributed by atoms with Gasteiger partial charge < -0.3 is 5.32 Å². The second-order valence-corrected chi connectivity index (χ2v) is 10.0. The number of carbonyl (C=O) groups excluding carboxylic acids is 1. The standard InChI is InChI=1S/C31H43NO/c1-5-7-8-10-25-12-14-27(15-13-25)28-18-19-30(24(4)22-28)29-17-16-26(23(3)21-29)11-9-20-32-31(33)6-2/h6,16-19,21-22,25,27H,2,5,7-15,20H2,1,3-4H3,(H,32,33). The van der Waals surface area contributed by atoms with Gasteiger partial charge in [-0.05, 0) is 104 Å². The van der Waals surface area contributed by atoms with Crippen molar-refractivity contribution in [2.24, 2.45) is 5.92 Å². The molecule has 2 nitrogen and oxygen atoms in total. The highest BCUT2D eigenvalue weighted by Crippen LogP contribution is 2.39. The maximum Gasteiger partial charge on any atom is 0.243 e. The zero-order valence-electron chi connectivity index (χ0n) is 21.1. The number of benzene rings is 2. The molecule has 0 atom stereocenters. The summed E-state index contributed by atoms with van der Waals surface area (Å²) in [5.74, 6) is 1.61. The molecule has 0 bridgehead atoms. The second-order valence-electron chi connectivity index (χ2n) is 10.0. The van der Waals surface area contributed by atoms with Crippen molar-refractivity contribution >= 4 is 5.91 Å². The summed E-state index contributed by atoms with van der Waals surface area (Å²) in [6.07, 6.45) is 14.4. The summed E-state index contributed by atoms with van der Waals surface area (Å²) in [5, 5.41) is 2.86. The lowest BCUT2D eigenvalue weighted by molar-refractivity contribution is -0.116. The number of hydrogen-bond donors (Lipinski definition) is 1. The number of hydrogen-bond acceptors (Lipinski definition) is 1. The molecule has 1 saturated carbocycles. The minimum atomic E-state index is -0.0963. The van der Waals surface area contributed by atoms with Crippen LogP contribution in [0.15, 0.2) is 49.1 Å². The number of aryl methyl sites for hydroxylation is 3. The SMILES string of the molecule is C=CC(=O)NCCCc1ccc(-c2ccc(C3CCC(CCCCC)CC3)cc2C)cc1C. The van der Waals surface area contributed by atoms with Crippen LogP contribution in [0.2, 0.25) is 0 Å². The van der Waals surface area contributed by atoms with E-state index in [1.807, 2.05) is 0 Å². The van der Waals surface area contributed by atoms with E-state index >= 15 is 0 Å². The Labute approximate surface area is 201 Å². The maximum atomic E-state index is 11.3. The van der Waals surface area contributed by atoms with Gasteiger partial charge in [0.25, 0.3) is 0 Å². The van der Waals surface area contributed by atoms with Gasteiger partial charge in [0.2, 0.25) is 5.91 Å². The summed E-state index contributed by atoms with van der Waals surface area (Å²) in [4.78, 5) is 11.3. The van der Waals surface area contributed by atoms with Gasteiger partial charge >= 0.3 is 0 Å². The van der Waals surface area contributed by atoms with E-state index in [4.69, 9.17) is 0 Å². The Hall–Kier alpha value is -2.35. The molecule has 0 saturated heterocycles. The van der Waals surface area contributed by atoms with Crippen molar-refractivity contribution < 1.29 is 4.79 Å². The van der Waals surface area contributed by atoms with E-state index in [0.29, 0.717) is 6.54 Å². The first-order valence-corrected chi connectivity index (χ1v) is 13.1. The molecule has 0 radical (unpaired) electrons. The van der Waals surface area contributed by atoms with E-state index in [-0.39, 0.29) is 5.91 Å². The van der Waals surface area contributed by atoms with Gasteiger partial charge in [-0.3, -0.25) is 4.79 Å². The quantitative estimate of drug-likeness (QED) is 0.275. The third-order valence-corrected chi connectivity index (χ3v) is 7.55. The highest BCUT2D eigenvalue weighted by atomic mass is 16.1. The van der Waals surface area contributed by atoms with Gasteiger partial charge in [-0.2, -0.15) is 0 Å². The second kappa shape index (κ2) is 12.8. The maximum absolute atomic E-state index is 11.3. The molecule has 0 aromatic heterocycles. The van der Waals surface area contributed by atoms with Crippen LogP contribution in [0, 0.1) is 19.8 Å². The summed E-state index contributed by atoms with van der Waals surface area (Å²) >= 11 is 0. The monoisotopic (exact) mass is 445 g/mol. The lowest BCUT2D eigenvalue weighted by Crippen LogP contribution is -2.22. The van der Waals surface area contributed by atoms with Crippen molar-refractivity contribution in [1.82, 2.24) is 5.32 Å². The zero-order chi connectivity index (χ0) is 23.6. The molecule has 33 heavy (non-hydrogen) atoms. The fraction of sp³-hybridized carbons (Fsp3) is 0.516. The Bertz CT molecular complexity index is 921. The first-order chi connectivity index (χ1) is 16.0. The topological polar surface area (TPSA) is 29.1 Å². The number of unbranched alkanes of at least 4 members (excludes halogenated alkanes) is 2. The average molecular weight is 446 g/mol. The van der Waals surface area contributed by atoms with Crippen molar-refractivity contribution in [2.75, 3.05) is 6.54 Å². The molecular weight excluding hydrogens is 402 g/mol. The molecule has 3 rings (SSSR count). The zero-order valence-corrected chi connectivity index (χ0v) is 21.1. The molecule has 0 unspecified atom stereocenters. The average Bonchev–Trinajstić information content (AvgIpc) is 2.83. The summed E-state index contributed by atoms with van der Waals surface area (Å²) in [7, 11) is 0. The van der Waals surface area contributed by atoms with Gasteiger partial charge in [0, 0.05) is 6.54 Å². The number of amides is 1. The number of rotatable bonds is 11. The molecule has 1 amide bonds. The molecular formula is C31H43NO. The lowest BCUT2D eigenvalue weighted by Gasteiger charge is -2.29. The fourth-order valence-corrected chi connectivity index (χ4v) is 5.44. The van der Waals surface area contributed by atoms with Crippen molar-refractivity contribution in [1.29, 1.82) is 0 Å². The Morgan fingerprint density at radius 1 is 1.00 bits per heavy atom. The molecule has 1 fully saturated rings. The third-order valence-electron chi connectivity index (χ3n) is 7.55. The Morgan fingerprint density at radius 3 is 2.45 bits per heavy atom. The Morgan fingerprint density at radius 2 is 1.79 bits per heavy atom. The molecule has 2 aromatic carbocycles. The first kappa shape index (κ1) is 25.3. The Kier molecular flexibility index (Phi) is 9.78. The van der Waals surface area contributed by atoms with Crippen molar-refractivity contribution in [3.63, 3.8) is 0 Å². The van der Waals surface area contributed by atoms with E-state index in [1.165, 1.54) is 90.8 Å². The highest BCUT2D eigenvalue weighted by molar-refractivity contribution is 5.86. The van der Waals surface area contributed by atoms with E-state index < -0.39 is 0 Å². The molecule has 0 aliphatic heterocycles. The van der Waals surface area contributed by atoms with Crippen molar-refractivity contribution in [3.05, 3.63) is 71.3 Å². The van der Waals surface area contributed by atoms with E-state index in [1.54, 1.807) is 0 Å². The fourth-order valence-electron chi connectivity index (χ4n) is 5.44. The summed E-state index contributed by atoms with van der Waals surface area (Å²) in [5.41, 5.74) is 8.26. The summed E-state index contributed by atoms with van der Waals surface area (Å²) in [6, 6.07) is 14.0. The van der Waals surface area contributed by atoms with Gasteiger partial charge in [0.1, 0.15) is 0 Å². The highest BCUT2D eigenvalue weighted by Gasteiger charge is 2.22. The lowest BCUT2D eigenvalue weighted by atomic mass is 9.76. The van der Waals surface area contributed by atoms with Gasteiger partial charge in [-0.25, -0.2) is 0 Å². The van der Waals surface area contributed by atoms with Gasteiger partial charge in [0.05, 0.1) is 0 Å². The third kappa shape index (κ3) is 7.32. The van der Waals surface area contributed by atoms with Crippen LogP contribution in [0.5, 0.6) is 0 Å². The van der Waals surface area contributed by atoms with E-state index in [0.717, 1.165) is 24.7 Å². The van der Waals surface area contributed by atoms with Crippen LogP contribution in [0.1, 0.15) is 92.9 Å². The van der Waals surface area contributed by atoms with E-state index in [2.05, 4.69) is 69.1 Å². The predicted octanol–water partition coefficient (Wildman–Crippen LogP) is 8.06. The molecule has 0 spiro atoms. The first-order valence-electron chi connectivity index (χ1n) is 13.1. The molecule has 178 valence electrons. The van der Waals surface area contributed by atoms with Crippen molar-refractivity contribution in [2.45, 2.75) is 90.9 Å². The molecule has 2 heteroatoms. The van der Waals surface area contributed by atoms with Crippen LogP contribution < -0.4 is 5.32 Å². The molecule has 0 heterocycles. The Balaban J connectivity index is 1.58. The minimum absolute atomic E-state index is 0.0963.